The van der Waals surface area contributed by atoms with Crippen LogP contribution < -0.4 is 10.6 Å². The highest BCUT2D eigenvalue weighted by Gasteiger charge is 2.17. The van der Waals surface area contributed by atoms with E-state index in [1.165, 1.54) is 18.5 Å². The van der Waals surface area contributed by atoms with Crippen LogP contribution >= 0.6 is 0 Å². The van der Waals surface area contributed by atoms with Crippen molar-refractivity contribution in [3.8, 4) is 0 Å². The Morgan fingerprint density at radius 3 is 2.45 bits per heavy atom. The summed E-state index contributed by atoms with van der Waals surface area (Å²) in [6, 6.07) is 10.8. The second-order valence-corrected chi connectivity index (χ2v) is 6.25. The van der Waals surface area contributed by atoms with Crippen LogP contribution in [0.3, 0.4) is 0 Å². The molecule has 0 aliphatic carbocycles. The number of benzene rings is 1. The maximum absolute atomic E-state index is 4.88. The number of para-hydroxylation sites is 1. The minimum atomic E-state index is 0.346. The van der Waals surface area contributed by atoms with E-state index < -0.39 is 0 Å². The smallest absolute Gasteiger partial charge is 0.193 e. The van der Waals surface area contributed by atoms with Crippen LogP contribution in [0.2, 0.25) is 0 Å². The van der Waals surface area contributed by atoms with Crippen molar-refractivity contribution in [2.45, 2.75) is 39.7 Å². The SMILES string of the molecule is CCNC(=NCC(Nc1ccccc1)C(C)C)N1CCCC1. The summed E-state index contributed by atoms with van der Waals surface area (Å²) >= 11 is 0. The maximum atomic E-state index is 4.88. The normalized spacial score (nSPS) is 16.9. The molecular weight excluding hydrogens is 272 g/mol. The fourth-order valence-electron chi connectivity index (χ4n) is 2.71. The van der Waals surface area contributed by atoms with Crippen molar-refractivity contribution in [1.29, 1.82) is 0 Å². The van der Waals surface area contributed by atoms with Gasteiger partial charge in [0.2, 0.25) is 0 Å². The second-order valence-electron chi connectivity index (χ2n) is 6.25. The predicted octanol–water partition coefficient (Wildman–Crippen LogP) is 3.18. The Morgan fingerprint density at radius 1 is 1.18 bits per heavy atom. The van der Waals surface area contributed by atoms with Gasteiger partial charge in [0.1, 0.15) is 0 Å². The molecule has 1 atom stereocenters. The van der Waals surface area contributed by atoms with Gasteiger partial charge >= 0.3 is 0 Å². The molecule has 0 amide bonds. The van der Waals surface area contributed by atoms with E-state index in [0.717, 1.165) is 32.1 Å². The average molecular weight is 302 g/mol. The summed E-state index contributed by atoms with van der Waals surface area (Å²) in [5, 5.41) is 7.04. The van der Waals surface area contributed by atoms with Crippen LogP contribution in [0, 0.1) is 5.92 Å². The largest absolute Gasteiger partial charge is 0.380 e. The van der Waals surface area contributed by atoms with Gasteiger partial charge in [0.05, 0.1) is 6.54 Å². The number of rotatable bonds is 6. The number of guanidine groups is 1. The minimum absolute atomic E-state index is 0.346. The van der Waals surface area contributed by atoms with Gasteiger partial charge in [-0.05, 0) is 37.8 Å². The number of likely N-dealkylation sites (tertiary alicyclic amines) is 1. The first-order chi connectivity index (χ1) is 10.7. The molecule has 2 rings (SSSR count). The highest BCUT2D eigenvalue weighted by Crippen LogP contribution is 2.13. The molecule has 0 spiro atoms. The van der Waals surface area contributed by atoms with Gasteiger partial charge in [-0.25, -0.2) is 0 Å². The van der Waals surface area contributed by atoms with E-state index in [0.29, 0.717) is 12.0 Å². The molecule has 1 saturated heterocycles. The number of nitrogens with zero attached hydrogens (tertiary/aromatic N) is 2. The van der Waals surface area contributed by atoms with E-state index >= 15 is 0 Å². The van der Waals surface area contributed by atoms with E-state index in [1.807, 2.05) is 6.07 Å². The highest BCUT2D eigenvalue weighted by molar-refractivity contribution is 5.80. The molecule has 1 aliphatic rings. The van der Waals surface area contributed by atoms with Crippen molar-refractivity contribution in [2.75, 3.05) is 31.5 Å². The van der Waals surface area contributed by atoms with Gasteiger partial charge in [0.25, 0.3) is 0 Å². The topological polar surface area (TPSA) is 39.7 Å². The third-order valence-electron chi connectivity index (χ3n) is 4.11. The Labute approximate surface area is 135 Å². The monoisotopic (exact) mass is 302 g/mol. The lowest BCUT2D eigenvalue weighted by molar-refractivity contribution is 0.483. The number of nitrogens with one attached hydrogen (secondary N) is 2. The Morgan fingerprint density at radius 2 is 1.86 bits per heavy atom. The van der Waals surface area contributed by atoms with Crippen LogP contribution in [0.5, 0.6) is 0 Å². The molecule has 2 N–H and O–H groups in total. The molecule has 0 radical (unpaired) electrons. The van der Waals surface area contributed by atoms with Crippen LogP contribution in [-0.2, 0) is 0 Å². The Balaban J connectivity index is 2.00. The van der Waals surface area contributed by atoms with Crippen LogP contribution in [0.15, 0.2) is 35.3 Å². The molecule has 1 fully saturated rings. The molecule has 1 heterocycles. The first kappa shape index (κ1) is 16.7. The zero-order valence-electron chi connectivity index (χ0n) is 14.2. The average Bonchev–Trinajstić information content (AvgIpc) is 3.05. The highest BCUT2D eigenvalue weighted by atomic mass is 15.3. The molecule has 4 heteroatoms. The number of aliphatic imine (C=N–C) groups is 1. The first-order valence-corrected chi connectivity index (χ1v) is 8.55. The standard InChI is InChI=1S/C18H30N4/c1-4-19-18(22-12-8-9-13-22)20-14-17(15(2)3)21-16-10-6-5-7-11-16/h5-7,10-11,15,17,21H,4,8-9,12-14H2,1-3H3,(H,19,20). The molecular formula is C18H30N4. The van der Waals surface area contributed by atoms with Gasteiger partial charge in [0.15, 0.2) is 5.96 Å². The molecule has 22 heavy (non-hydrogen) atoms. The minimum Gasteiger partial charge on any atom is -0.380 e. The van der Waals surface area contributed by atoms with E-state index in [4.69, 9.17) is 4.99 Å². The molecule has 1 aromatic carbocycles. The third kappa shape index (κ3) is 4.93. The summed E-state index contributed by atoms with van der Waals surface area (Å²) in [5.41, 5.74) is 1.17. The lowest BCUT2D eigenvalue weighted by Gasteiger charge is -2.25. The molecule has 1 aliphatic heterocycles. The second kappa shape index (κ2) is 8.66. The molecule has 0 saturated carbocycles. The fraction of sp³-hybridized carbons (Fsp3) is 0.611. The van der Waals surface area contributed by atoms with Crippen molar-refractivity contribution in [1.82, 2.24) is 10.2 Å². The Hall–Kier alpha value is -1.71. The zero-order chi connectivity index (χ0) is 15.8. The summed E-state index contributed by atoms with van der Waals surface area (Å²) in [7, 11) is 0. The van der Waals surface area contributed by atoms with E-state index in [-0.39, 0.29) is 0 Å². The van der Waals surface area contributed by atoms with Crippen molar-refractivity contribution < 1.29 is 0 Å². The Bertz CT molecular complexity index is 449. The first-order valence-electron chi connectivity index (χ1n) is 8.55. The number of hydrogen-bond donors (Lipinski definition) is 2. The quantitative estimate of drug-likeness (QED) is 0.626. The maximum Gasteiger partial charge on any atom is 0.193 e. The van der Waals surface area contributed by atoms with Gasteiger partial charge in [-0.3, -0.25) is 4.99 Å². The lowest BCUT2D eigenvalue weighted by atomic mass is 10.0. The molecule has 122 valence electrons. The van der Waals surface area contributed by atoms with Gasteiger partial charge in [0, 0.05) is 31.4 Å². The molecule has 1 aromatic rings. The van der Waals surface area contributed by atoms with Gasteiger partial charge in [-0.1, -0.05) is 32.0 Å². The summed E-state index contributed by atoms with van der Waals surface area (Å²) in [6.07, 6.45) is 2.56. The summed E-state index contributed by atoms with van der Waals surface area (Å²) in [4.78, 5) is 7.26. The van der Waals surface area contributed by atoms with Crippen LogP contribution in [-0.4, -0.2) is 43.1 Å². The van der Waals surface area contributed by atoms with Gasteiger partial charge < -0.3 is 15.5 Å². The summed E-state index contributed by atoms with van der Waals surface area (Å²) in [5.74, 6) is 1.60. The van der Waals surface area contributed by atoms with Crippen LogP contribution in [0.1, 0.15) is 33.6 Å². The predicted molar refractivity (Wildman–Crippen MR) is 95.5 cm³/mol. The Kier molecular flexibility index (Phi) is 6.56. The van der Waals surface area contributed by atoms with Crippen molar-refractivity contribution in [3.63, 3.8) is 0 Å². The lowest BCUT2D eigenvalue weighted by Crippen LogP contribution is -2.41. The number of anilines is 1. The molecule has 0 bridgehead atoms. The van der Waals surface area contributed by atoms with Gasteiger partial charge in [-0.2, -0.15) is 0 Å². The zero-order valence-corrected chi connectivity index (χ0v) is 14.2. The molecule has 4 nitrogen and oxygen atoms in total. The molecule has 1 unspecified atom stereocenters. The van der Waals surface area contributed by atoms with Crippen molar-refractivity contribution in [3.05, 3.63) is 30.3 Å². The van der Waals surface area contributed by atoms with E-state index in [2.05, 4.69) is 60.6 Å². The van der Waals surface area contributed by atoms with Crippen molar-refractivity contribution in [2.24, 2.45) is 10.9 Å². The number of hydrogen-bond acceptors (Lipinski definition) is 2. The van der Waals surface area contributed by atoms with Crippen LogP contribution in [0.25, 0.3) is 0 Å². The van der Waals surface area contributed by atoms with Gasteiger partial charge in [-0.15, -0.1) is 0 Å². The van der Waals surface area contributed by atoms with E-state index in [1.54, 1.807) is 0 Å². The summed E-state index contributed by atoms with van der Waals surface area (Å²) in [6.45, 7) is 10.6. The van der Waals surface area contributed by atoms with Crippen molar-refractivity contribution >= 4 is 11.6 Å². The van der Waals surface area contributed by atoms with Crippen LogP contribution in [0.4, 0.5) is 5.69 Å². The third-order valence-corrected chi connectivity index (χ3v) is 4.11. The fourth-order valence-corrected chi connectivity index (χ4v) is 2.71. The summed E-state index contributed by atoms with van der Waals surface area (Å²) < 4.78 is 0. The molecule has 0 aromatic heterocycles. The van der Waals surface area contributed by atoms with E-state index in [9.17, 15) is 0 Å².